The summed E-state index contributed by atoms with van der Waals surface area (Å²) in [5, 5.41) is 3.47. The average Bonchev–Trinajstić information content (AvgIpc) is 2.76. The van der Waals surface area contributed by atoms with E-state index in [2.05, 4.69) is 5.32 Å². The van der Waals surface area contributed by atoms with E-state index >= 15 is 0 Å². The predicted molar refractivity (Wildman–Crippen MR) is 110 cm³/mol. The van der Waals surface area contributed by atoms with E-state index in [0.717, 1.165) is 40.9 Å². The van der Waals surface area contributed by atoms with Crippen LogP contribution in [0.25, 0.3) is 0 Å². The molecule has 1 aliphatic carbocycles. The zero-order chi connectivity index (χ0) is 20.5. The molecule has 6 heteroatoms. The largest absolute Gasteiger partial charge is 0.497 e. The SMILES string of the molecule is COc1ccc([C@@H]2C3=C(CCCC3=O)Nc3cc(OC)c(OC)cc32)c(OC)c1. The number of ketones is 1. The van der Waals surface area contributed by atoms with Crippen molar-refractivity contribution in [1.82, 2.24) is 0 Å². The van der Waals surface area contributed by atoms with Gasteiger partial charge in [-0.05, 0) is 30.5 Å². The standard InChI is InChI=1S/C23H25NO5/c1-26-13-8-9-14(19(10-13)27-2)22-15-11-20(28-3)21(29-4)12-17(15)24-16-6-5-7-18(25)23(16)22/h8-12,22,24H,5-7H2,1-4H3/t22-/m0/s1. The smallest absolute Gasteiger partial charge is 0.162 e. The fourth-order valence-electron chi connectivity index (χ4n) is 4.27. The van der Waals surface area contributed by atoms with Gasteiger partial charge in [-0.1, -0.05) is 6.07 Å². The highest BCUT2D eigenvalue weighted by molar-refractivity contribution is 6.01. The summed E-state index contributed by atoms with van der Waals surface area (Å²) in [7, 11) is 6.48. The lowest BCUT2D eigenvalue weighted by atomic mass is 9.75. The Morgan fingerprint density at radius 3 is 2.24 bits per heavy atom. The molecule has 1 N–H and O–H groups in total. The van der Waals surface area contributed by atoms with E-state index in [1.165, 1.54) is 0 Å². The van der Waals surface area contributed by atoms with Crippen LogP contribution in [0.15, 0.2) is 41.6 Å². The molecule has 1 heterocycles. The minimum Gasteiger partial charge on any atom is -0.497 e. The van der Waals surface area contributed by atoms with Crippen LogP contribution in [0.4, 0.5) is 5.69 Å². The van der Waals surface area contributed by atoms with E-state index in [9.17, 15) is 4.79 Å². The van der Waals surface area contributed by atoms with Gasteiger partial charge in [0.15, 0.2) is 17.3 Å². The highest BCUT2D eigenvalue weighted by Gasteiger charge is 2.37. The number of fused-ring (bicyclic) bond motifs is 1. The van der Waals surface area contributed by atoms with Gasteiger partial charge in [0.1, 0.15) is 11.5 Å². The van der Waals surface area contributed by atoms with Gasteiger partial charge in [-0.3, -0.25) is 4.79 Å². The van der Waals surface area contributed by atoms with Crippen LogP contribution in [0.1, 0.15) is 36.3 Å². The van der Waals surface area contributed by atoms with Crippen LogP contribution in [0.3, 0.4) is 0 Å². The molecule has 4 rings (SSSR count). The maximum atomic E-state index is 13.0. The molecule has 0 spiro atoms. The number of hydrogen-bond acceptors (Lipinski definition) is 6. The highest BCUT2D eigenvalue weighted by Crippen LogP contribution is 2.50. The Morgan fingerprint density at radius 2 is 1.55 bits per heavy atom. The first-order chi connectivity index (χ1) is 14.1. The van der Waals surface area contributed by atoms with E-state index in [-0.39, 0.29) is 11.7 Å². The van der Waals surface area contributed by atoms with Gasteiger partial charge in [-0.25, -0.2) is 0 Å². The fraction of sp³-hybridized carbons (Fsp3) is 0.348. The van der Waals surface area contributed by atoms with Crippen molar-refractivity contribution in [1.29, 1.82) is 0 Å². The third-order valence-corrected chi connectivity index (χ3v) is 5.65. The number of Topliss-reactive ketones (excluding diaryl/α,β-unsaturated/α-hetero) is 1. The number of hydrogen-bond donors (Lipinski definition) is 1. The van der Waals surface area contributed by atoms with Crippen LogP contribution in [-0.4, -0.2) is 34.2 Å². The summed E-state index contributed by atoms with van der Waals surface area (Å²) >= 11 is 0. The molecule has 6 nitrogen and oxygen atoms in total. The zero-order valence-electron chi connectivity index (χ0n) is 17.1. The summed E-state index contributed by atoms with van der Waals surface area (Å²) in [5.74, 6) is 2.57. The van der Waals surface area contributed by atoms with Gasteiger partial charge in [-0.2, -0.15) is 0 Å². The second-order valence-corrected chi connectivity index (χ2v) is 7.13. The fourth-order valence-corrected chi connectivity index (χ4v) is 4.27. The Bertz CT molecular complexity index is 995. The van der Waals surface area contributed by atoms with Gasteiger partial charge in [0.05, 0.1) is 28.4 Å². The van der Waals surface area contributed by atoms with Crippen molar-refractivity contribution in [2.75, 3.05) is 33.8 Å². The van der Waals surface area contributed by atoms with Gasteiger partial charge in [0.25, 0.3) is 0 Å². The van der Waals surface area contributed by atoms with Crippen molar-refractivity contribution in [2.24, 2.45) is 0 Å². The van der Waals surface area contributed by atoms with Crippen molar-refractivity contribution >= 4 is 11.5 Å². The summed E-state index contributed by atoms with van der Waals surface area (Å²) in [6.07, 6.45) is 2.24. The first kappa shape index (κ1) is 19.2. The van der Waals surface area contributed by atoms with Gasteiger partial charge >= 0.3 is 0 Å². The molecule has 0 aromatic heterocycles. The molecule has 0 saturated carbocycles. The summed E-state index contributed by atoms with van der Waals surface area (Å²) < 4.78 is 22.1. The van der Waals surface area contributed by atoms with Gasteiger partial charge in [0.2, 0.25) is 0 Å². The lowest BCUT2D eigenvalue weighted by Gasteiger charge is -2.35. The first-order valence-corrected chi connectivity index (χ1v) is 9.62. The summed E-state index contributed by atoms with van der Waals surface area (Å²) in [4.78, 5) is 13.0. The minimum absolute atomic E-state index is 0.169. The van der Waals surface area contributed by atoms with Gasteiger partial charge in [-0.15, -0.1) is 0 Å². The molecule has 2 aromatic rings. The molecule has 0 amide bonds. The third-order valence-electron chi connectivity index (χ3n) is 5.65. The Balaban J connectivity index is 1.97. The molecular formula is C23H25NO5. The van der Waals surface area contributed by atoms with Crippen molar-refractivity contribution in [2.45, 2.75) is 25.2 Å². The van der Waals surface area contributed by atoms with E-state index < -0.39 is 0 Å². The second-order valence-electron chi connectivity index (χ2n) is 7.13. The molecule has 2 aliphatic rings. The molecule has 0 bridgehead atoms. The van der Waals surface area contributed by atoms with Gasteiger partial charge < -0.3 is 24.3 Å². The lowest BCUT2D eigenvalue weighted by molar-refractivity contribution is -0.116. The second kappa shape index (κ2) is 7.70. The van der Waals surface area contributed by atoms with Crippen LogP contribution >= 0.6 is 0 Å². The average molecular weight is 395 g/mol. The molecule has 1 atom stereocenters. The Labute approximate surface area is 170 Å². The van der Waals surface area contributed by atoms with Crippen molar-refractivity contribution in [3.63, 3.8) is 0 Å². The Hall–Kier alpha value is -3.15. The molecular weight excluding hydrogens is 370 g/mol. The maximum Gasteiger partial charge on any atom is 0.162 e. The summed E-state index contributed by atoms with van der Waals surface area (Å²) in [6, 6.07) is 9.60. The minimum atomic E-state index is -0.255. The third kappa shape index (κ3) is 3.18. The molecule has 152 valence electrons. The van der Waals surface area contributed by atoms with E-state index in [0.29, 0.717) is 29.4 Å². The molecule has 0 unspecified atom stereocenters. The maximum absolute atomic E-state index is 13.0. The first-order valence-electron chi connectivity index (χ1n) is 9.62. The number of allylic oxidation sites excluding steroid dienone is 2. The number of rotatable bonds is 5. The molecule has 0 radical (unpaired) electrons. The number of carbonyl (C=O) groups is 1. The number of nitrogens with one attached hydrogen (secondary N) is 1. The monoisotopic (exact) mass is 395 g/mol. The van der Waals surface area contributed by atoms with Crippen LogP contribution in [-0.2, 0) is 4.79 Å². The van der Waals surface area contributed by atoms with Gasteiger partial charge in [0, 0.05) is 47.0 Å². The zero-order valence-corrected chi connectivity index (χ0v) is 17.1. The number of benzene rings is 2. The predicted octanol–water partition coefficient (Wildman–Crippen LogP) is 4.29. The normalized spacial score (nSPS) is 17.8. The molecule has 0 saturated heterocycles. The Kier molecular flexibility index (Phi) is 5.09. The summed E-state index contributed by atoms with van der Waals surface area (Å²) in [5.41, 5.74) is 4.58. The van der Waals surface area contributed by atoms with E-state index in [1.807, 2.05) is 30.3 Å². The Morgan fingerprint density at radius 1 is 0.828 bits per heavy atom. The molecule has 0 fully saturated rings. The topological polar surface area (TPSA) is 66.0 Å². The summed E-state index contributed by atoms with van der Waals surface area (Å²) in [6.45, 7) is 0. The number of anilines is 1. The van der Waals surface area contributed by atoms with Crippen LogP contribution < -0.4 is 24.3 Å². The molecule has 29 heavy (non-hydrogen) atoms. The highest BCUT2D eigenvalue weighted by atomic mass is 16.5. The number of ether oxygens (including phenoxy) is 4. The van der Waals surface area contributed by atoms with E-state index in [1.54, 1.807) is 28.4 Å². The molecule has 2 aromatic carbocycles. The molecule has 1 aliphatic heterocycles. The van der Waals surface area contributed by atoms with Crippen molar-refractivity contribution in [3.8, 4) is 23.0 Å². The quantitative estimate of drug-likeness (QED) is 0.815. The van der Waals surface area contributed by atoms with Crippen molar-refractivity contribution in [3.05, 3.63) is 52.7 Å². The van der Waals surface area contributed by atoms with Crippen LogP contribution in [0.2, 0.25) is 0 Å². The number of carbonyl (C=O) groups excluding carboxylic acids is 1. The van der Waals surface area contributed by atoms with Crippen molar-refractivity contribution < 1.29 is 23.7 Å². The van der Waals surface area contributed by atoms with Crippen LogP contribution in [0, 0.1) is 0 Å². The lowest BCUT2D eigenvalue weighted by Crippen LogP contribution is -2.27. The van der Waals surface area contributed by atoms with Crippen LogP contribution in [0.5, 0.6) is 23.0 Å². The van der Waals surface area contributed by atoms with E-state index in [4.69, 9.17) is 18.9 Å². The number of methoxy groups -OCH3 is 4.